The largest absolute Gasteiger partial charge is 0.467 e. The Morgan fingerprint density at radius 3 is 2.68 bits per heavy atom. The molecule has 0 bridgehead atoms. The van der Waals surface area contributed by atoms with Crippen molar-refractivity contribution in [1.82, 2.24) is 15.0 Å². The van der Waals surface area contributed by atoms with Crippen molar-refractivity contribution in [2.45, 2.75) is 32.1 Å². The van der Waals surface area contributed by atoms with Crippen molar-refractivity contribution in [1.29, 1.82) is 0 Å². The molecule has 0 radical (unpaired) electrons. The zero-order valence-electron chi connectivity index (χ0n) is 11.2. The molecule has 1 saturated heterocycles. The number of hydrazine groups is 1. The van der Waals surface area contributed by atoms with Gasteiger partial charge in [-0.3, -0.25) is 5.43 Å². The Kier molecular flexibility index (Phi) is 3.14. The van der Waals surface area contributed by atoms with Gasteiger partial charge in [0.2, 0.25) is 11.9 Å². The molecular formula is C12H20N6O. The van der Waals surface area contributed by atoms with Crippen LogP contribution >= 0.6 is 0 Å². The molecule has 1 aliphatic carbocycles. The molecule has 1 aromatic heterocycles. The molecule has 2 aliphatic rings. The fraction of sp³-hybridized carbons (Fsp3) is 0.750. The van der Waals surface area contributed by atoms with Gasteiger partial charge in [0.1, 0.15) is 0 Å². The second kappa shape index (κ2) is 4.80. The minimum absolute atomic E-state index is 0.297. The van der Waals surface area contributed by atoms with Crippen LogP contribution in [0.5, 0.6) is 6.01 Å². The van der Waals surface area contributed by atoms with Gasteiger partial charge in [0.05, 0.1) is 7.11 Å². The Bertz CT molecular complexity index is 437. The smallest absolute Gasteiger partial charge is 0.322 e. The number of hydrogen-bond acceptors (Lipinski definition) is 7. The number of methoxy groups -OCH3 is 1. The summed E-state index contributed by atoms with van der Waals surface area (Å²) in [5.74, 6) is 6.38. The van der Waals surface area contributed by atoms with Crippen molar-refractivity contribution in [2.24, 2.45) is 11.3 Å². The Morgan fingerprint density at radius 1 is 1.21 bits per heavy atom. The van der Waals surface area contributed by atoms with Crippen LogP contribution in [-0.4, -0.2) is 35.2 Å². The maximum Gasteiger partial charge on any atom is 0.322 e. The lowest BCUT2D eigenvalue weighted by atomic mass is 9.86. The highest BCUT2D eigenvalue weighted by Gasteiger charge is 2.41. The summed E-state index contributed by atoms with van der Waals surface area (Å²) >= 11 is 0. The van der Waals surface area contributed by atoms with Crippen LogP contribution in [0.3, 0.4) is 0 Å². The number of aromatic nitrogens is 3. The third-order valence-electron chi connectivity index (χ3n) is 4.30. The Hall–Kier alpha value is -1.63. The van der Waals surface area contributed by atoms with E-state index in [1.54, 1.807) is 7.11 Å². The second-order valence-electron chi connectivity index (χ2n) is 5.47. The summed E-state index contributed by atoms with van der Waals surface area (Å²) in [7, 11) is 1.54. The first-order valence-corrected chi connectivity index (χ1v) is 6.76. The molecule has 7 heteroatoms. The SMILES string of the molecule is COc1nc(NN)nc(N2CCC3(CCCC3)C2)n1. The average molecular weight is 264 g/mol. The summed E-state index contributed by atoms with van der Waals surface area (Å²) in [6.45, 7) is 2.03. The van der Waals surface area contributed by atoms with E-state index in [2.05, 4.69) is 25.3 Å². The van der Waals surface area contributed by atoms with Crippen molar-refractivity contribution in [3.63, 3.8) is 0 Å². The van der Waals surface area contributed by atoms with Crippen molar-refractivity contribution in [2.75, 3.05) is 30.5 Å². The van der Waals surface area contributed by atoms with Crippen LogP contribution < -0.4 is 20.9 Å². The van der Waals surface area contributed by atoms with Gasteiger partial charge < -0.3 is 9.64 Å². The number of hydrogen-bond donors (Lipinski definition) is 2. The van der Waals surface area contributed by atoms with Gasteiger partial charge in [-0.2, -0.15) is 15.0 Å². The van der Waals surface area contributed by atoms with Crippen LogP contribution in [0, 0.1) is 5.41 Å². The highest BCUT2D eigenvalue weighted by atomic mass is 16.5. The van der Waals surface area contributed by atoms with Gasteiger partial charge in [-0.25, -0.2) is 5.84 Å². The summed E-state index contributed by atoms with van der Waals surface area (Å²) in [4.78, 5) is 14.9. The quantitative estimate of drug-likeness (QED) is 0.620. The first kappa shape index (κ1) is 12.4. The number of nitrogens with one attached hydrogen (secondary N) is 1. The fourth-order valence-electron chi connectivity index (χ4n) is 3.28. The van der Waals surface area contributed by atoms with E-state index in [0.29, 0.717) is 23.3 Å². The minimum atomic E-state index is 0.297. The number of nitrogens with two attached hydrogens (primary N) is 1. The summed E-state index contributed by atoms with van der Waals surface area (Å²) in [5, 5.41) is 0. The zero-order chi connectivity index (χ0) is 13.3. The van der Waals surface area contributed by atoms with Gasteiger partial charge in [0, 0.05) is 13.1 Å². The van der Waals surface area contributed by atoms with Crippen molar-refractivity contribution >= 4 is 11.9 Å². The van der Waals surface area contributed by atoms with Crippen LogP contribution in [0.1, 0.15) is 32.1 Å². The number of anilines is 2. The lowest BCUT2D eigenvalue weighted by Gasteiger charge is -2.23. The predicted octanol–water partition coefficient (Wildman–Crippen LogP) is 0.936. The summed E-state index contributed by atoms with van der Waals surface area (Å²) in [6, 6.07) is 0.297. The van der Waals surface area contributed by atoms with Gasteiger partial charge in [0.15, 0.2) is 0 Å². The second-order valence-corrected chi connectivity index (χ2v) is 5.47. The van der Waals surface area contributed by atoms with Crippen LogP contribution in [0.25, 0.3) is 0 Å². The molecule has 1 saturated carbocycles. The van der Waals surface area contributed by atoms with E-state index in [0.717, 1.165) is 13.1 Å². The molecule has 3 N–H and O–H groups in total. The third-order valence-corrected chi connectivity index (χ3v) is 4.30. The molecule has 1 aromatic rings. The lowest BCUT2D eigenvalue weighted by Crippen LogP contribution is -2.27. The van der Waals surface area contributed by atoms with E-state index < -0.39 is 0 Å². The number of nitrogens with zero attached hydrogens (tertiary/aromatic N) is 4. The van der Waals surface area contributed by atoms with Crippen molar-refractivity contribution < 1.29 is 4.74 Å². The maximum atomic E-state index is 5.38. The molecule has 0 atom stereocenters. The Balaban J connectivity index is 1.82. The maximum absolute atomic E-state index is 5.38. The van der Waals surface area contributed by atoms with E-state index in [1.807, 2.05) is 0 Å². The summed E-state index contributed by atoms with van der Waals surface area (Å²) in [5.41, 5.74) is 2.94. The van der Waals surface area contributed by atoms with E-state index in [-0.39, 0.29) is 0 Å². The van der Waals surface area contributed by atoms with Gasteiger partial charge in [-0.15, -0.1) is 0 Å². The van der Waals surface area contributed by atoms with Crippen LogP contribution in [0.4, 0.5) is 11.9 Å². The highest BCUT2D eigenvalue weighted by Crippen LogP contribution is 2.45. The van der Waals surface area contributed by atoms with Crippen molar-refractivity contribution in [3.05, 3.63) is 0 Å². The van der Waals surface area contributed by atoms with Crippen LogP contribution in [0.2, 0.25) is 0 Å². The number of ether oxygens (including phenoxy) is 1. The minimum Gasteiger partial charge on any atom is -0.467 e. The molecule has 1 aliphatic heterocycles. The van der Waals surface area contributed by atoms with Gasteiger partial charge >= 0.3 is 6.01 Å². The first-order chi connectivity index (χ1) is 9.24. The number of rotatable bonds is 3. The normalized spacial score (nSPS) is 21.1. The monoisotopic (exact) mass is 264 g/mol. The van der Waals surface area contributed by atoms with E-state index in [9.17, 15) is 0 Å². The first-order valence-electron chi connectivity index (χ1n) is 6.76. The van der Waals surface area contributed by atoms with E-state index >= 15 is 0 Å². The lowest BCUT2D eigenvalue weighted by molar-refractivity contribution is 0.340. The van der Waals surface area contributed by atoms with Gasteiger partial charge in [0.25, 0.3) is 0 Å². The molecule has 104 valence electrons. The molecule has 0 amide bonds. The zero-order valence-corrected chi connectivity index (χ0v) is 11.2. The fourth-order valence-corrected chi connectivity index (χ4v) is 3.28. The van der Waals surface area contributed by atoms with Gasteiger partial charge in [-0.1, -0.05) is 12.8 Å². The molecule has 2 fully saturated rings. The topological polar surface area (TPSA) is 89.2 Å². The molecule has 7 nitrogen and oxygen atoms in total. The number of nitrogen functional groups attached to an aromatic ring is 1. The predicted molar refractivity (Wildman–Crippen MR) is 71.9 cm³/mol. The Labute approximate surface area is 112 Å². The molecule has 2 heterocycles. The van der Waals surface area contributed by atoms with E-state index in [4.69, 9.17) is 10.6 Å². The average Bonchev–Trinajstić information content (AvgIpc) is 3.09. The standard InChI is InChI=1S/C12H20N6O/c1-19-11-15-9(17-13)14-10(16-11)18-7-6-12(8-18)4-2-3-5-12/h2-8,13H2,1H3,(H,14,15,16,17). The Morgan fingerprint density at radius 2 is 2.00 bits per heavy atom. The molecule has 3 rings (SSSR count). The third kappa shape index (κ3) is 2.30. The summed E-state index contributed by atoms with van der Waals surface area (Å²) < 4.78 is 5.09. The van der Waals surface area contributed by atoms with Crippen LogP contribution in [0.15, 0.2) is 0 Å². The van der Waals surface area contributed by atoms with Crippen molar-refractivity contribution in [3.8, 4) is 6.01 Å². The van der Waals surface area contributed by atoms with Gasteiger partial charge in [-0.05, 0) is 24.7 Å². The molecular weight excluding hydrogens is 244 g/mol. The molecule has 1 spiro atoms. The van der Waals surface area contributed by atoms with Crippen LogP contribution in [-0.2, 0) is 0 Å². The molecule has 0 aromatic carbocycles. The summed E-state index contributed by atoms with van der Waals surface area (Å²) in [6.07, 6.45) is 6.59. The highest BCUT2D eigenvalue weighted by molar-refractivity contribution is 5.39. The van der Waals surface area contributed by atoms with E-state index in [1.165, 1.54) is 32.1 Å². The molecule has 19 heavy (non-hydrogen) atoms. The molecule has 0 unspecified atom stereocenters.